The molecule has 55 heavy (non-hydrogen) atoms. The van der Waals surface area contributed by atoms with Crippen LogP contribution in [0.2, 0.25) is 0 Å². The lowest BCUT2D eigenvalue weighted by atomic mass is 9.88. The fourth-order valence-corrected chi connectivity index (χ4v) is 9.23. The lowest BCUT2D eigenvalue weighted by molar-refractivity contribution is 0.669. The van der Waals surface area contributed by atoms with E-state index in [1.54, 1.807) is 0 Å². The van der Waals surface area contributed by atoms with Crippen LogP contribution < -0.4 is 4.90 Å². The van der Waals surface area contributed by atoms with Crippen molar-refractivity contribution in [3.05, 3.63) is 179 Å². The quantitative estimate of drug-likeness (QED) is 0.152. The van der Waals surface area contributed by atoms with Crippen molar-refractivity contribution in [1.29, 1.82) is 0 Å². The molecule has 1 atom stereocenters. The third kappa shape index (κ3) is 5.86. The lowest BCUT2D eigenvalue weighted by Gasteiger charge is -2.28. The van der Waals surface area contributed by atoms with Crippen LogP contribution in [0.1, 0.15) is 61.4 Å². The SMILES string of the molecule is CC(C)c1cc(N(c2ccc(-c3ccc4c(c3)c3c(n4-c4ccccc4)CCC=C3)cc2)c2ccc3oc4ccccc4c3c2)ccc1C1=C(P)C=CCC1. The van der Waals surface area contributed by atoms with Crippen LogP contribution in [0.5, 0.6) is 0 Å². The predicted molar refractivity (Wildman–Crippen MR) is 237 cm³/mol. The number of hydrogen-bond acceptors (Lipinski definition) is 2. The van der Waals surface area contributed by atoms with E-state index >= 15 is 0 Å². The number of para-hydroxylation sites is 2. The summed E-state index contributed by atoms with van der Waals surface area (Å²) in [4.78, 5) is 2.40. The summed E-state index contributed by atoms with van der Waals surface area (Å²) >= 11 is 0. The number of furan rings is 1. The van der Waals surface area contributed by atoms with Crippen LogP contribution in [0, 0.1) is 0 Å². The predicted octanol–water partition coefficient (Wildman–Crippen LogP) is 14.7. The molecule has 2 aliphatic carbocycles. The van der Waals surface area contributed by atoms with Gasteiger partial charge in [-0.25, -0.2) is 0 Å². The molecule has 0 saturated carbocycles. The van der Waals surface area contributed by atoms with Crippen LogP contribution in [0.25, 0.3) is 61.3 Å². The average Bonchev–Trinajstić information content (AvgIpc) is 3.77. The van der Waals surface area contributed by atoms with Crippen LogP contribution in [-0.2, 0) is 6.42 Å². The number of rotatable bonds is 7. The largest absolute Gasteiger partial charge is 0.456 e. The van der Waals surface area contributed by atoms with Gasteiger partial charge in [0.25, 0.3) is 0 Å². The molecular weight excluding hydrogens is 688 g/mol. The van der Waals surface area contributed by atoms with Crippen molar-refractivity contribution in [3.63, 3.8) is 0 Å². The maximum Gasteiger partial charge on any atom is 0.135 e. The Morgan fingerprint density at radius 3 is 2.16 bits per heavy atom. The lowest BCUT2D eigenvalue weighted by Crippen LogP contribution is -2.11. The molecule has 1 unspecified atom stereocenters. The summed E-state index contributed by atoms with van der Waals surface area (Å²) in [6.45, 7) is 4.62. The van der Waals surface area contributed by atoms with Crippen molar-refractivity contribution in [2.45, 2.75) is 45.4 Å². The fraction of sp³-hybridized carbons (Fsp3) is 0.137. The molecule has 0 amide bonds. The first-order valence-corrected chi connectivity index (χ1v) is 20.1. The van der Waals surface area contributed by atoms with E-state index in [2.05, 4.69) is 184 Å². The highest BCUT2D eigenvalue weighted by Gasteiger charge is 2.22. The summed E-state index contributed by atoms with van der Waals surface area (Å²) in [6.07, 6.45) is 13.4. The van der Waals surface area contributed by atoms with E-state index in [-0.39, 0.29) is 0 Å². The molecule has 0 aliphatic heterocycles. The average molecular weight is 731 g/mol. The number of hydrogen-bond donors (Lipinski definition) is 0. The second-order valence-corrected chi connectivity index (χ2v) is 15.8. The van der Waals surface area contributed by atoms with E-state index in [1.165, 1.54) is 61.0 Å². The van der Waals surface area contributed by atoms with Gasteiger partial charge in [-0.2, -0.15) is 0 Å². The van der Waals surface area contributed by atoms with Crippen molar-refractivity contribution in [1.82, 2.24) is 4.57 Å². The minimum absolute atomic E-state index is 0.364. The van der Waals surface area contributed by atoms with Crippen LogP contribution >= 0.6 is 9.24 Å². The number of fused-ring (bicyclic) bond motifs is 6. The van der Waals surface area contributed by atoms with Crippen molar-refractivity contribution >= 4 is 70.8 Å². The third-order valence-corrected chi connectivity index (χ3v) is 12.0. The fourth-order valence-electron chi connectivity index (χ4n) is 8.79. The maximum absolute atomic E-state index is 6.26. The monoisotopic (exact) mass is 730 g/mol. The van der Waals surface area contributed by atoms with Crippen molar-refractivity contribution in [3.8, 4) is 16.8 Å². The molecule has 0 bridgehead atoms. The highest BCUT2D eigenvalue weighted by atomic mass is 31.0. The van der Waals surface area contributed by atoms with Gasteiger partial charge in [0.15, 0.2) is 0 Å². The van der Waals surface area contributed by atoms with E-state index in [1.807, 2.05) is 6.07 Å². The Labute approximate surface area is 325 Å². The zero-order valence-corrected chi connectivity index (χ0v) is 32.5. The van der Waals surface area contributed by atoms with E-state index in [4.69, 9.17) is 4.42 Å². The Morgan fingerprint density at radius 1 is 0.618 bits per heavy atom. The summed E-state index contributed by atoms with van der Waals surface area (Å²) in [5.74, 6) is 0.364. The molecule has 268 valence electrons. The Morgan fingerprint density at radius 2 is 1.33 bits per heavy atom. The standard InChI is InChI=1S/C51H43N2OP/c1-33(2)44-31-38(25-27-40(44)43-16-8-11-19-51(43)55)52(39-26-29-50-46(32-39)42-15-7-10-18-49(42)54-50)37-23-20-34(21-24-37)35-22-28-48-45(30-35)41-14-6-9-17-47(41)53(48)36-12-4-3-5-13-36/h3-7,10-15,18-33H,8-9,16-17,55H2,1-2H3. The highest BCUT2D eigenvalue weighted by Crippen LogP contribution is 2.43. The molecule has 6 aromatic carbocycles. The first kappa shape index (κ1) is 33.7. The van der Waals surface area contributed by atoms with E-state index < -0.39 is 0 Å². The normalized spacial score (nSPS) is 14.1. The molecule has 0 saturated heterocycles. The third-order valence-electron chi connectivity index (χ3n) is 11.5. The summed E-state index contributed by atoms with van der Waals surface area (Å²) in [7, 11) is 2.97. The van der Waals surface area contributed by atoms with Crippen LogP contribution in [0.3, 0.4) is 0 Å². The molecule has 3 nitrogen and oxygen atoms in total. The summed E-state index contributed by atoms with van der Waals surface area (Å²) in [5, 5.41) is 4.84. The first-order chi connectivity index (χ1) is 27.0. The van der Waals surface area contributed by atoms with Crippen LogP contribution in [-0.4, -0.2) is 4.57 Å². The van der Waals surface area contributed by atoms with Gasteiger partial charge in [-0.05, 0) is 138 Å². The van der Waals surface area contributed by atoms with Gasteiger partial charge in [-0.1, -0.05) is 98.8 Å². The highest BCUT2D eigenvalue weighted by molar-refractivity contribution is 7.23. The van der Waals surface area contributed by atoms with Gasteiger partial charge < -0.3 is 13.9 Å². The molecule has 8 aromatic rings. The maximum atomic E-state index is 6.26. The molecule has 2 heterocycles. The Balaban J connectivity index is 1.10. The molecule has 4 heteroatoms. The summed E-state index contributed by atoms with van der Waals surface area (Å²) < 4.78 is 8.72. The molecular formula is C51H43N2OP. The van der Waals surface area contributed by atoms with Crippen molar-refractivity contribution < 1.29 is 4.42 Å². The number of allylic oxidation sites excluding steroid dienone is 5. The summed E-state index contributed by atoms with van der Waals surface area (Å²) in [6, 6.07) is 48.9. The van der Waals surface area contributed by atoms with E-state index in [0.717, 1.165) is 64.7 Å². The van der Waals surface area contributed by atoms with Crippen LogP contribution in [0.4, 0.5) is 17.1 Å². The first-order valence-electron chi connectivity index (χ1n) is 19.5. The van der Waals surface area contributed by atoms with Gasteiger partial charge in [-0.15, -0.1) is 9.24 Å². The molecule has 0 radical (unpaired) electrons. The van der Waals surface area contributed by atoms with Gasteiger partial charge in [0.2, 0.25) is 0 Å². The van der Waals surface area contributed by atoms with Crippen molar-refractivity contribution in [2.24, 2.45) is 0 Å². The van der Waals surface area contributed by atoms with Gasteiger partial charge in [0.1, 0.15) is 11.2 Å². The van der Waals surface area contributed by atoms with Crippen LogP contribution in [0.15, 0.2) is 161 Å². The topological polar surface area (TPSA) is 21.3 Å². The zero-order chi connectivity index (χ0) is 37.0. The van der Waals surface area contributed by atoms with Gasteiger partial charge >= 0.3 is 0 Å². The second kappa shape index (κ2) is 13.8. The van der Waals surface area contributed by atoms with Gasteiger partial charge in [0.05, 0.1) is 5.52 Å². The van der Waals surface area contributed by atoms with Gasteiger partial charge in [-0.3, -0.25) is 0 Å². The van der Waals surface area contributed by atoms with E-state index in [9.17, 15) is 0 Å². The van der Waals surface area contributed by atoms with Gasteiger partial charge in [0, 0.05) is 50.2 Å². The molecule has 10 rings (SSSR count). The molecule has 2 aromatic heterocycles. The minimum Gasteiger partial charge on any atom is -0.456 e. The number of nitrogens with zero attached hydrogens (tertiary/aromatic N) is 2. The smallest absolute Gasteiger partial charge is 0.135 e. The van der Waals surface area contributed by atoms with Crippen molar-refractivity contribution in [2.75, 3.05) is 4.90 Å². The Kier molecular flexibility index (Phi) is 8.42. The molecule has 2 aliphatic rings. The molecule has 0 N–H and O–H groups in total. The number of benzene rings is 6. The zero-order valence-electron chi connectivity index (χ0n) is 31.3. The Bertz CT molecular complexity index is 2850. The number of aromatic nitrogens is 1. The molecule has 0 fully saturated rings. The molecule has 0 spiro atoms. The summed E-state index contributed by atoms with van der Waals surface area (Å²) in [5.41, 5.74) is 17.0. The number of anilines is 3. The second-order valence-electron chi connectivity index (χ2n) is 15.2. The van der Waals surface area contributed by atoms with E-state index in [0.29, 0.717) is 5.92 Å². The minimum atomic E-state index is 0.364. The Hall–Kier alpha value is -5.89.